The van der Waals surface area contributed by atoms with E-state index in [4.69, 9.17) is 30.9 Å². The zero-order chi connectivity index (χ0) is 40.1. The van der Waals surface area contributed by atoms with Crippen LogP contribution in [0.4, 0.5) is 0 Å². The number of hydrogen-bond acceptors (Lipinski definition) is 4. The van der Waals surface area contributed by atoms with Gasteiger partial charge in [-0.15, -0.1) is 0 Å². The molecule has 4 nitrogen and oxygen atoms in total. The van der Waals surface area contributed by atoms with Gasteiger partial charge < -0.3 is 9.31 Å². The fourth-order valence-corrected chi connectivity index (χ4v) is 7.00. The first-order valence-corrected chi connectivity index (χ1v) is 20.0. The molecule has 0 saturated carbocycles. The van der Waals surface area contributed by atoms with Gasteiger partial charge in [-0.1, -0.05) is 169 Å². The molecule has 0 bridgehead atoms. The maximum atomic E-state index is 6.21. The maximum absolute atomic E-state index is 6.21. The Morgan fingerprint density at radius 1 is 0.362 bits per heavy atom. The molecule has 0 N–H and O–H groups in total. The van der Waals surface area contributed by atoms with Crippen LogP contribution in [0.25, 0.3) is 67.3 Å². The van der Waals surface area contributed by atoms with Crippen LogP contribution in [0.5, 0.6) is 0 Å². The van der Waals surface area contributed by atoms with E-state index < -0.39 is 0 Å². The van der Waals surface area contributed by atoms with Gasteiger partial charge in [0.15, 0.2) is 0 Å². The van der Waals surface area contributed by atoms with Crippen molar-refractivity contribution in [2.24, 2.45) is 0 Å². The Kier molecular flexibility index (Phi) is 11.2. The minimum atomic E-state index is -0.368. The van der Waals surface area contributed by atoms with Gasteiger partial charge >= 0.3 is 7.12 Å². The van der Waals surface area contributed by atoms with Crippen molar-refractivity contribution in [3.8, 4) is 67.3 Å². The Hall–Kier alpha value is -6.11. The highest BCUT2D eigenvalue weighted by atomic mass is 35.5. The van der Waals surface area contributed by atoms with Crippen molar-refractivity contribution in [3.63, 3.8) is 0 Å². The molecule has 0 aliphatic carbocycles. The first kappa shape index (κ1) is 38.8. The number of nitrogens with zero attached hydrogens (tertiary/aromatic N) is 2. The van der Waals surface area contributed by atoms with Crippen molar-refractivity contribution >= 4 is 24.2 Å². The zero-order valence-electron chi connectivity index (χ0n) is 33.1. The van der Waals surface area contributed by atoms with E-state index in [0.29, 0.717) is 0 Å². The summed E-state index contributed by atoms with van der Waals surface area (Å²) in [5.74, 6) is 0. The van der Waals surface area contributed by atoms with Crippen molar-refractivity contribution in [2.75, 3.05) is 0 Å². The fraction of sp³-hybridized carbons (Fsp3) is 0.115. The molecule has 3 heterocycles. The second-order valence-corrected chi connectivity index (χ2v) is 15.9. The van der Waals surface area contributed by atoms with Crippen LogP contribution in [-0.2, 0) is 9.31 Å². The molecule has 8 aromatic rings. The Morgan fingerprint density at radius 3 is 1.00 bits per heavy atom. The summed E-state index contributed by atoms with van der Waals surface area (Å²) in [4.78, 5) is 9.90. The lowest BCUT2D eigenvalue weighted by Crippen LogP contribution is -2.41. The number of rotatable bonds is 7. The van der Waals surface area contributed by atoms with E-state index >= 15 is 0 Å². The van der Waals surface area contributed by atoms with Gasteiger partial charge in [-0.25, -0.2) is 9.97 Å². The summed E-state index contributed by atoms with van der Waals surface area (Å²) in [6.45, 7) is 8.30. The molecule has 0 atom stereocenters. The summed E-state index contributed by atoms with van der Waals surface area (Å²) in [6, 6.07) is 66.2. The third-order valence-electron chi connectivity index (χ3n) is 10.9. The molecule has 9 rings (SSSR count). The number of pyridine rings is 2. The van der Waals surface area contributed by atoms with Crippen molar-refractivity contribution in [3.05, 3.63) is 199 Å². The lowest BCUT2D eigenvalue weighted by atomic mass is 9.78. The first-order chi connectivity index (χ1) is 28.1. The standard InChI is InChI=1S/C29H28BNO2.C23H16ClN/c1-28(2)29(3,4)33-30(32-28)25-17-15-23(16-18-25)27-20-24(21-11-7-5-8-12-21)19-26(31-27)22-13-9-6-10-14-22;24-21-13-11-19(12-14-21)23-16-20(17-7-3-1-4-8-17)15-22(25-23)18-9-5-2-6-10-18/h5-20H,1-4H3;1-16H. The average Bonchev–Trinajstić information content (AvgIpc) is 3.50. The summed E-state index contributed by atoms with van der Waals surface area (Å²) < 4.78 is 12.4. The summed E-state index contributed by atoms with van der Waals surface area (Å²) in [5.41, 5.74) is 13.1. The van der Waals surface area contributed by atoms with Crippen LogP contribution in [0.3, 0.4) is 0 Å². The monoisotopic (exact) mass is 774 g/mol. The highest BCUT2D eigenvalue weighted by Crippen LogP contribution is 2.37. The molecule has 6 heteroatoms. The molecule has 1 aliphatic heterocycles. The smallest absolute Gasteiger partial charge is 0.399 e. The molecule has 1 fully saturated rings. The second kappa shape index (κ2) is 16.8. The van der Waals surface area contributed by atoms with Gasteiger partial charge in [0.1, 0.15) is 0 Å². The van der Waals surface area contributed by atoms with Gasteiger partial charge in [-0.05, 0) is 91.8 Å². The van der Waals surface area contributed by atoms with Gasteiger partial charge in [0, 0.05) is 27.3 Å². The largest absolute Gasteiger partial charge is 0.494 e. The zero-order valence-corrected chi connectivity index (χ0v) is 33.9. The van der Waals surface area contributed by atoms with Gasteiger partial charge in [0.2, 0.25) is 0 Å². The SMILES string of the molecule is CC1(C)OB(c2ccc(-c3cc(-c4ccccc4)cc(-c4ccccc4)n3)cc2)OC1(C)C.Clc1ccc(-c2cc(-c3ccccc3)cc(-c3ccccc3)n2)cc1. The van der Waals surface area contributed by atoms with E-state index in [2.05, 4.69) is 149 Å². The van der Waals surface area contributed by atoms with Crippen LogP contribution >= 0.6 is 11.6 Å². The van der Waals surface area contributed by atoms with Gasteiger partial charge in [-0.2, -0.15) is 0 Å². The Labute approximate surface area is 347 Å². The summed E-state index contributed by atoms with van der Waals surface area (Å²) in [7, 11) is -0.368. The van der Waals surface area contributed by atoms with Crippen molar-refractivity contribution in [2.45, 2.75) is 38.9 Å². The molecule has 0 amide bonds. The molecular weight excluding hydrogens is 731 g/mol. The van der Waals surface area contributed by atoms with Crippen LogP contribution in [-0.4, -0.2) is 28.3 Å². The van der Waals surface area contributed by atoms with Crippen LogP contribution in [0.15, 0.2) is 194 Å². The number of aromatic nitrogens is 2. The second-order valence-electron chi connectivity index (χ2n) is 15.4. The summed E-state index contributed by atoms with van der Waals surface area (Å²) >= 11 is 6.03. The van der Waals surface area contributed by atoms with E-state index in [1.807, 2.05) is 72.8 Å². The third-order valence-corrected chi connectivity index (χ3v) is 11.1. The third kappa shape index (κ3) is 8.73. The van der Waals surface area contributed by atoms with Crippen LogP contribution in [0.1, 0.15) is 27.7 Å². The number of hydrogen-bond donors (Lipinski definition) is 0. The Bertz CT molecular complexity index is 2470. The van der Waals surface area contributed by atoms with E-state index in [1.165, 1.54) is 11.1 Å². The fourth-order valence-electron chi connectivity index (χ4n) is 6.88. The van der Waals surface area contributed by atoms with E-state index in [1.54, 1.807) is 0 Å². The van der Waals surface area contributed by atoms with E-state index in [9.17, 15) is 0 Å². The van der Waals surface area contributed by atoms with Crippen LogP contribution in [0.2, 0.25) is 5.02 Å². The molecule has 6 aromatic carbocycles. The van der Waals surface area contributed by atoms with Crippen LogP contribution < -0.4 is 5.46 Å². The quantitative estimate of drug-likeness (QED) is 0.151. The van der Waals surface area contributed by atoms with Crippen molar-refractivity contribution < 1.29 is 9.31 Å². The van der Waals surface area contributed by atoms with Crippen molar-refractivity contribution in [1.29, 1.82) is 0 Å². The predicted molar refractivity (Wildman–Crippen MR) is 242 cm³/mol. The number of benzene rings is 6. The molecule has 0 radical (unpaired) electrons. The molecular formula is C52H44BClN2O2. The maximum Gasteiger partial charge on any atom is 0.494 e. The van der Waals surface area contributed by atoms with Gasteiger partial charge in [0.25, 0.3) is 0 Å². The molecule has 284 valence electrons. The lowest BCUT2D eigenvalue weighted by molar-refractivity contribution is 0.00578. The lowest BCUT2D eigenvalue weighted by Gasteiger charge is -2.32. The summed E-state index contributed by atoms with van der Waals surface area (Å²) in [5, 5.41) is 0.728. The Morgan fingerprint density at radius 2 is 0.655 bits per heavy atom. The minimum Gasteiger partial charge on any atom is -0.399 e. The molecule has 58 heavy (non-hydrogen) atoms. The molecule has 1 saturated heterocycles. The topological polar surface area (TPSA) is 44.2 Å². The molecule has 0 spiro atoms. The Balaban J connectivity index is 0.000000168. The summed E-state index contributed by atoms with van der Waals surface area (Å²) in [6.07, 6.45) is 0. The van der Waals surface area contributed by atoms with Gasteiger partial charge in [0.05, 0.1) is 34.0 Å². The van der Waals surface area contributed by atoms with Crippen molar-refractivity contribution in [1.82, 2.24) is 9.97 Å². The minimum absolute atomic E-state index is 0.355. The average molecular weight is 775 g/mol. The normalized spacial score (nSPS) is 14.1. The molecule has 0 unspecified atom stereocenters. The van der Waals surface area contributed by atoms with Gasteiger partial charge in [-0.3, -0.25) is 0 Å². The highest BCUT2D eigenvalue weighted by Gasteiger charge is 2.51. The molecule has 2 aromatic heterocycles. The van der Waals surface area contributed by atoms with E-state index in [-0.39, 0.29) is 18.3 Å². The first-order valence-electron chi connectivity index (χ1n) is 19.6. The molecule has 1 aliphatic rings. The van der Waals surface area contributed by atoms with E-state index in [0.717, 1.165) is 66.6 Å². The van der Waals surface area contributed by atoms with Crippen LogP contribution in [0, 0.1) is 0 Å². The highest BCUT2D eigenvalue weighted by molar-refractivity contribution is 6.62. The number of halogens is 1. The predicted octanol–water partition coefficient (Wildman–Crippen LogP) is 13.1.